The highest BCUT2D eigenvalue weighted by Gasteiger charge is 2.33. The molecule has 8 heteroatoms. The van der Waals surface area contributed by atoms with Gasteiger partial charge < -0.3 is 9.52 Å². The fraction of sp³-hybridized carbons (Fsp3) is 0.0938. The summed E-state index contributed by atoms with van der Waals surface area (Å²) >= 11 is 8.01. The largest absolute Gasteiger partial charge is 0.478 e. The van der Waals surface area contributed by atoms with E-state index in [1.54, 1.807) is 41.0 Å². The van der Waals surface area contributed by atoms with Crippen molar-refractivity contribution < 1.29 is 14.3 Å². The van der Waals surface area contributed by atoms with Crippen molar-refractivity contribution >= 4 is 40.7 Å². The Morgan fingerprint density at radius 2 is 1.73 bits per heavy atom. The minimum Gasteiger partial charge on any atom is -0.478 e. The second-order valence-electron chi connectivity index (χ2n) is 9.69. The quantitative estimate of drug-likeness (QED) is 0.293. The average molecular weight is 565 g/mol. The molecule has 0 amide bonds. The third-order valence-electron chi connectivity index (χ3n) is 7.40. The maximum atomic E-state index is 14.0. The zero-order valence-corrected chi connectivity index (χ0v) is 22.6. The van der Waals surface area contributed by atoms with Crippen molar-refractivity contribution in [1.82, 2.24) is 4.57 Å². The third-order valence-corrected chi connectivity index (χ3v) is 8.72. The lowest BCUT2D eigenvalue weighted by molar-refractivity contribution is 0.0697. The maximum Gasteiger partial charge on any atom is 0.336 e. The molecule has 3 heterocycles. The van der Waals surface area contributed by atoms with Crippen LogP contribution in [0, 0.1) is 0 Å². The van der Waals surface area contributed by atoms with Gasteiger partial charge in [-0.15, -0.1) is 0 Å². The Hall–Kier alpha value is -4.46. The number of fused-ring (bicyclic) bond motifs is 3. The number of aryl methyl sites for hydroxylation is 1. The molecule has 0 radical (unpaired) electrons. The fourth-order valence-electron chi connectivity index (χ4n) is 5.58. The zero-order chi connectivity index (χ0) is 27.4. The van der Waals surface area contributed by atoms with E-state index in [4.69, 9.17) is 21.0 Å². The lowest BCUT2D eigenvalue weighted by Gasteiger charge is -2.31. The van der Waals surface area contributed by atoms with E-state index in [0.29, 0.717) is 31.4 Å². The Labute approximate surface area is 237 Å². The van der Waals surface area contributed by atoms with Gasteiger partial charge in [-0.1, -0.05) is 83.6 Å². The number of carboxylic acid groups (broad SMARTS) is 1. The second kappa shape index (κ2) is 9.62. The van der Waals surface area contributed by atoms with Crippen LogP contribution in [0.5, 0.6) is 0 Å². The molecule has 1 unspecified atom stereocenters. The summed E-state index contributed by atoms with van der Waals surface area (Å²) in [6.45, 7) is 0. The molecule has 1 atom stereocenters. The SMILES string of the molecule is O=C(O)c1ccccc1-c1ccc(/C=c2\sc3n(c2=O)C(c2ccccc2Cl)C2=C(N=3)c3ccccc3CC2)o1. The van der Waals surface area contributed by atoms with Gasteiger partial charge in [0.25, 0.3) is 5.56 Å². The number of hydrogen-bond acceptors (Lipinski definition) is 5. The Morgan fingerprint density at radius 1 is 0.975 bits per heavy atom. The summed E-state index contributed by atoms with van der Waals surface area (Å²) in [4.78, 5) is 31.3. The van der Waals surface area contributed by atoms with Crippen molar-refractivity contribution in [1.29, 1.82) is 0 Å². The van der Waals surface area contributed by atoms with Crippen LogP contribution in [0.15, 0.2) is 105 Å². The van der Waals surface area contributed by atoms with E-state index in [0.717, 1.165) is 35.2 Å². The fourth-order valence-corrected chi connectivity index (χ4v) is 6.80. The average Bonchev–Trinajstić information content (AvgIpc) is 3.56. The molecule has 40 heavy (non-hydrogen) atoms. The molecule has 196 valence electrons. The standard InChI is InChI=1S/C32H21ClN2O4S/c33-25-12-6-5-11-23(25)29-24-15-13-18-7-1-2-8-20(18)28(24)34-32-35(29)30(36)27(40-32)17-19-14-16-26(39-19)21-9-3-4-10-22(21)31(37)38/h1-12,14,16-17,29H,13,15H2,(H,37,38)/b27-17-. The first-order valence-corrected chi connectivity index (χ1v) is 14.0. The van der Waals surface area contributed by atoms with Gasteiger partial charge in [0.1, 0.15) is 11.5 Å². The molecule has 6 nitrogen and oxygen atoms in total. The molecule has 1 aliphatic carbocycles. The van der Waals surface area contributed by atoms with Crippen molar-refractivity contribution in [2.45, 2.75) is 18.9 Å². The Balaban J connectivity index is 1.41. The first-order chi connectivity index (χ1) is 19.5. The summed E-state index contributed by atoms with van der Waals surface area (Å²) in [5.41, 5.74) is 5.63. The number of carboxylic acids is 1. The highest BCUT2D eigenvalue weighted by atomic mass is 35.5. The van der Waals surface area contributed by atoms with Gasteiger partial charge in [-0.25, -0.2) is 9.79 Å². The van der Waals surface area contributed by atoms with E-state index in [1.165, 1.54) is 23.0 Å². The Morgan fingerprint density at radius 3 is 2.55 bits per heavy atom. The van der Waals surface area contributed by atoms with Crippen LogP contribution in [0.1, 0.15) is 45.3 Å². The number of furan rings is 1. The van der Waals surface area contributed by atoms with Crippen molar-refractivity contribution in [3.63, 3.8) is 0 Å². The molecule has 1 aliphatic heterocycles. The van der Waals surface area contributed by atoms with Crippen LogP contribution in [0.25, 0.3) is 23.1 Å². The second-order valence-corrected chi connectivity index (χ2v) is 11.1. The topological polar surface area (TPSA) is 84.8 Å². The van der Waals surface area contributed by atoms with Crippen LogP contribution < -0.4 is 14.9 Å². The maximum absolute atomic E-state index is 14.0. The molecule has 3 aromatic carbocycles. The zero-order valence-electron chi connectivity index (χ0n) is 21.0. The van der Waals surface area contributed by atoms with Crippen molar-refractivity contribution in [2.24, 2.45) is 4.99 Å². The van der Waals surface area contributed by atoms with E-state index in [2.05, 4.69) is 12.1 Å². The van der Waals surface area contributed by atoms with Gasteiger partial charge in [-0.05, 0) is 53.8 Å². The molecule has 7 rings (SSSR count). The van der Waals surface area contributed by atoms with E-state index in [-0.39, 0.29) is 17.2 Å². The molecule has 2 aliphatic rings. The molecule has 2 aromatic heterocycles. The first-order valence-electron chi connectivity index (χ1n) is 12.8. The highest BCUT2D eigenvalue weighted by molar-refractivity contribution is 7.07. The lowest BCUT2D eigenvalue weighted by atomic mass is 9.83. The summed E-state index contributed by atoms with van der Waals surface area (Å²) in [6.07, 6.45) is 3.33. The predicted molar refractivity (Wildman–Crippen MR) is 155 cm³/mol. The number of hydrogen-bond donors (Lipinski definition) is 1. The number of allylic oxidation sites excluding steroid dienone is 1. The molecule has 0 saturated carbocycles. The molecular weight excluding hydrogens is 544 g/mol. The summed E-state index contributed by atoms with van der Waals surface area (Å²) in [5, 5.41) is 10.2. The Bertz CT molecular complexity index is 2050. The number of nitrogens with zero attached hydrogens (tertiary/aromatic N) is 2. The lowest BCUT2D eigenvalue weighted by Crippen LogP contribution is -2.38. The highest BCUT2D eigenvalue weighted by Crippen LogP contribution is 2.42. The number of halogens is 1. The van der Waals surface area contributed by atoms with Gasteiger partial charge in [0.2, 0.25) is 0 Å². The van der Waals surface area contributed by atoms with Gasteiger partial charge in [-0.3, -0.25) is 9.36 Å². The molecule has 0 spiro atoms. The van der Waals surface area contributed by atoms with E-state index in [9.17, 15) is 14.7 Å². The van der Waals surface area contributed by atoms with Gasteiger partial charge in [0.05, 0.1) is 21.8 Å². The minimum atomic E-state index is -1.04. The van der Waals surface area contributed by atoms with Crippen LogP contribution in [-0.2, 0) is 6.42 Å². The van der Waals surface area contributed by atoms with Crippen LogP contribution in [0.3, 0.4) is 0 Å². The summed E-state index contributed by atoms with van der Waals surface area (Å²) in [6, 6.07) is 25.7. The minimum absolute atomic E-state index is 0.147. The number of carbonyl (C=O) groups is 1. The molecule has 0 fully saturated rings. The van der Waals surface area contributed by atoms with Gasteiger partial charge in [0, 0.05) is 22.2 Å². The normalized spacial score (nSPS) is 16.2. The smallest absolute Gasteiger partial charge is 0.336 e. The van der Waals surface area contributed by atoms with Crippen molar-refractivity contribution in [3.05, 3.63) is 143 Å². The number of rotatable bonds is 4. The summed E-state index contributed by atoms with van der Waals surface area (Å²) in [5.74, 6) is -0.172. The molecule has 0 saturated heterocycles. The first kappa shape index (κ1) is 24.6. The summed E-state index contributed by atoms with van der Waals surface area (Å²) in [7, 11) is 0. The number of thiazole rings is 1. The molecule has 1 N–H and O–H groups in total. The summed E-state index contributed by atoms with van der Waals surface area (Å²) < 4.78 is 8.21. The van der Waals surface area contributed by atoms with Gasteiger partial charge in [0.15, 0.2) is 4.80 Å². The van der Waals surface area contributed by atoms with E-state index < -0.39 is 5.97 Å². The third kappa shape index (κ3) is 3.97. The van der Waals surface area contributed by atoms with Crippen molar-refractivity contribution in [3.8, 4) is 11.3 Å². The van der Waals surface area contributed by atoms with Crippen LogP contribution in [0.4, 0.5) is 0 Å². The monoisotopic (exact) mass is 564 g/mol. The predicted octanol–water partition coefficient (Wildman–Crippen LogP) is 5.93. The number of aromatic carboxylic acids is 1. The molecule has 5 aromatic rings. The number of benzene rings is 3. The van der Waals surface area contributed by atoms with E-state index in [1.807, 2.05) is 36.4 Å². The van der Waals surface area contributed by atoms with Crippen LogP contribution >= 0.6 is 22.9 Å². The van der Waals surface area contributed by atoms with Gasteiger partial charge in [-0.2, -0.15) is 0 Å². The molecule has 0 bridgehead atoms. The molecular formula is C32H21ClN2O4S. The number of aromatic nitrogens is 1. The van der Waals surface area contributed by atoms with Gasteiger partial charge >= 0.3 is 5.97 Å². The van der Waals surface area contributed by atoms with E-state index >= 15 is 0 Å². The Kier molecular flexibility index (Phi) is 5.91. The van der Waals surface area contributed by atoms with Crippen LogP contribution in [-0.4, -0.2) is 15.6 Å². The van der Waals surface area contributed by atoms with Crippen molar-refractivity contribution in [2.75, 3.05) is 0 Å². The van der Waals surface area contributed by atoms with Crippen LogP contribution in [0.2, 0.25) is 5.02 Å².